The van der Waals surface area contributed by atoms with E-state index in [4.69, 9.17) is 0 Å². The summed E-state index contributed by atoms with van der Waals surface area (Å²) in [7, 11) is -8.16. The van der Waals surface area contributed by atoms with Crippen LogP contribution in [-0.4, -0.2) is 50.9 Å². The summed E-state index contributed by atoms with van der Waals surface area (Å²) in [4.78, 5) is 15.0. The third-order valence-corrected chi connectivity index (χ3v) is 10.2. The van der Waals surface area contributed by atoms with Crippen LogP contribution >= 0.6 is 0 Å². The van der Waals surface area contributed by atoms with Crippen molar-refractivity contribution in [2.45, 2.75) is 43.2 Å². The van der Waals surface area contributed by atoms with Crippen molar-refractivity contribution in [2.24, 2.45) is 22.2 Å². The monoisotopic (exact) mass is 610 g/mol. The summed E-state index contributed by atoms with van der Waals surface area (Å²) in [5.41, 5.74) is -0.395. The molecule has 0 radical (unpaired) electrons. The van der Waals surface area contributed by atoms with Crippen LogP contribution in [0.15, 0.2) is 51.0 Å². The zero-order valence-electron chi connectivity index (χ0n) is 21.6. The lowest BCUT2D eigenvalue weighted by molar-refractivity contribution is -0.140. The van der Waals surface area contributed by atoms with Gasteiger partial charge in [0, 0.05) is 24.2 Å². The molecule has 0 aromatic heterocycles. The van der Waals surface area contributed by atoms with E-state index in [1.165, 1.54) is 17.0 Å². The normalized spacial score (nSPS) is 26.7. The molecular formula is C26H25F3N4O6S2. The van der Waals surface area contributed by atoms with Crippen LogP contribution in [-0.2, 0) is 31.4 Å². The van der Waals surface area contributed by atoms with Gasteiger partial charge in [-0.3, -0.25) is 9.52 Å². The van der Waals surface area contributed by atoms with Crippen molar-refractivity contribution in [1.29, 1.82) is 0 Å². The number of nitrogens with zero attached hydrogens (tertiary/aromatic N) is 2. The number of fused-ring (bicyclic) bond motifs is 3. The molecule has 0 saturated heterocycles. The molecule has 3 saturated carbocycles. The van der Waals surface area contributed by atoms with E-state index in [2.05, 4.69) is 14.4 Å². The zero-order chi connectivity index (χ0) is 29.4. The second kappa shape index (κ2) is 9.48. The average Bonchev–Trinajstić information content (AvgIpc) is 2.89. The van der Waals surface area contributed by atoms with Crippen LogP contribution in [0, 0.1) is 35.2 Å². The van der Waals surface area contributed by atoms with Crippen molar-refractivity contribution in [1.82, 2.24) is 4.90 Å². The molecule has 2 aliphatic heterocycles. The number of aliphatic hydroxyl groups is 1. The maximum Gasteiger partial charge on any atom is 0.286 e. The first kappa shape index (κ1) is 27.6. The molecule has 2 bridgehead atoms. The number of carbonyl (C=O) groups is 1. The number of rotatable bonds is 5. The van der Waals surface area contributed by atoms with E-state index in [0.29, 0.717) is 0 Å². The standard InChI is InChI=1S/C26H25F3N4O6S2/c1-40(36,37)31-15-6-7-18-19(10-15)41(38,39)32-25(30-18)21-24(34)20-13-2-4-14(5-3-13)23(20)33(26(21)35)11-12-8-16(27)22(29)17(28)9-12/h6-10,13-14,20,23,31,34H,2-5,11H2,1H3,(H,30,32)/t13?,14?,20-,23+/m1/s1. The zero-order valence-corrected chi connectivity index (χ0v) is 23.2. The number of nitrogens with one attached hydrogen (secondary N) is 2. The van der Waals surface area contributed by atoms with Crippen LogP contribution in [0.3, 0.4) is 0 Å². The summed E-state index contributed by atoms with van der Waals surface area (Å²) in [6.07, 6.45) is 4.04. The van der Waals surface area contributed by atoms with Gasteiger partial charge in [-0.15, -0.1) is 4.40 Å². The predicted molar refractivity (Wildman–Crippen MR) is 142 cm³/mol. The van der Waals surface area contributed by atoms with Crippen molar-refractivity contribution in [2.75, 3.05) is 16.3 Å². The summed E-state index contributed by atoms with van der Waals surface area (Å²) in [5.74, 6) is -6.54. The van der Waals surface area contributed by atoms with Gasteiger partial charge in [-0.05, 0) is 73.4 Å². The van der Waals surface area contributed by atoms with E-state index in [1.807, 2.05) is 0 Å². The molecule has 2 atom stereocenters. The quantitative estimate of drug-likeness (QED) is 0.439. The maximum atomic E-state index is 14.0. The minimum atomic E-state index is -4.46. The van der Waals surface area contributed by atoms with Gasteiger partial charge in [-0.1, -0.05) is 0 Å². The Balaban J connectivity index is 1.43. The van der Waals surface area contributed by atoms with Crippen LogP contribution in [0.1, 0.15) is 31.2 Å². The van der Waals surface area contributed by atoms with Gasteiger partial charge >= 0.3 is 0 Å². The van der Waals surface area contributed by atoms with Crippen molar-refractivity contribution in [3.8, 4) is 0 Å². The first-order valence-electron chi connectivity index (χ1n) is 12.9. The Morgan fingerprint density at radius 3 is 2.34 bits per heavy atom. The Bertz CT molecular complexity index is 1750. The number of hydrogen-bond donors (Lipinski definition) is 3. The van der Waals surface area contributed by atoms with Gasteiger partial charge in [0.25, 0.3) is 15.9 Å². The third-order valence-electron chi connectivity index (χ3n) is 8.24. The SMILES string of the molecule is CS(=O)(=O)Nc1ccc2c(c1)S(=O)(=O)N=C(C1=C(O)[C@@H]3C4CCC(CC4)[C@@H]3N(Cc3cc(F)c(F)c(F)c3)C1=O)N2. The first-order chi connectivity index (χ1) is 19.2. The molecular weight excluding hydrogens is 585 g/mol. The van der Waals surface area contributed by atoms with Gasteiger partial charge in [-0.25, -0.2) is 21.6 Å². The molecule has 7 rings (SSSR count). The molecule has 10 nitrogen and oxygen atoms in total. The third kappa shape index (κ3) is 4.74. The smallest absolute Gasteiger partial charge is 0.286 e. The van der Waals surface area contributed by atoms with Crippen LogP contribution < -0.4 is 10.0 Å². The molecule has 1 amide bonds. The summed E-state index contributed by atoms with van der Waals surface area (Å²) < 4.78 is 97.3. The number of anilines is 2. The van der Waals surface area contributed by atoms with E-state index in [0.717, 1.165) is 50.1 Å². The van der Waals surface area contributed by atoms with Crippen molar-refractivity contribution in [3.63, 3.8) is 0 Å². The highest BCUT2D eigenvalue weighted by molar-refractivity contribution is 7.92. The molecule has 0 spiro atoms. The number of carbonyl (C=O) groups excluding carboxylic acids is 1. The second-order valence-corrected chi connectivity index (χ2v) is 14.2. The van der Waals surface area contributed by atoms with Gasteiger partial charge in [0.2, 0.25) is 10.0 Å². The summed E-state index contributed by atoms with van der Waals surface area (Å²) in [5, 5.41) is 14.3. The summed E-state index contributed by atoms with van der Waals surface area (Å²) >= 11 is 0. The minimum Gasteiger partial charge on any atom is -0.511 e. The lowest BCUT2D eigenvalue weighted by atomic mass is 9.59. The van der Waals surface area contributed by atoms with Gasteiger partial charge in [-0.2, -0.15) is 8.42 Å². The van der Waals surface area contributed by atoms with E-state index < -0.39 is 61.2 Å². The van der Waals surface area contributed by atoms with Crippen molar-refractivity contribution < 1.29 is 39.9 Å². The van der Waals surface area contributed by atoms with Gasteiger partial charge in [0.1, 0.15) is 16.2 Å². The number of amides is 1. The fraction of sp³-hybridized carbons (Fsp3) is 0.385. The van der Waals surface area contributed by atoms with Gasteiger partial charge in [0.15, 0.2) is 23.3 Å². The molecule has 15 heteroatoms. The van der Waals surface area contributed by atoms with Crippen molar-refractivity contribution >= 4 is 43.2 Å². The van der Waals surface area contributed by atoms with Crippen LogP contribution in [0.2, 0.25) is 0 Å². The highest BCUT2D eigenvalue weighted by Gasteiger charge is 2.54. The Hall–Kier alpha value is -3.59. The topological polar surface area (TPSA) is 145 Å². The molecule has 2 aromatic carbocycles. The van der Waals surface area contributed by atoms with E-state index in [1.54, 1.807) is 0 Å². The molecule has 2 aromatic rings. The highest BCUT2D eigenvalue weighted by Crippen LogP contribution is 2.52. The van der Waals surface area contributed by atoms with Gasteiger partial charge in [0.05, 0.1) is 11.9 Å². The van der Waals surface area contributed by atoms with Crippen LogP contribution in [0.5, 0.6) is 0 Å². The summed E-state index contributed by atoms with van der Waals surface area (Å²) in [6.45, 7) is -0.300. The Kier molecular flexibility index (Phi) is 6.37. The van der Waals surface area contributed by atoms with Crippen LogP contribution in [0.25, 0.3) is 0 Å². The van der Waals surface area contributed by atoms with E-state index in [-0.39, 0.29) is 51.5 Å². The van der Waals surface area contributed by atoms with Gasteiger partial charge < -0.3 is 15.3 Å². The Morgan fingerprint density at radius 2 is 1.71 bits per heavy atom. The Morgan fingerprint density at radius 1 is 1.07 bits per heavy atom. The lowest BCUT2D eigenvalue weighted by Crippen LogP contribution is -2.60. The Labute approximate surface area is 234 Å². The number of amidine groups is 1. The number of sulfonamides is 2. The number of benzene rings is 2. The molecule has 218 valence electrons. The molecule has 3 fully saturated rings. The minimum absolute atomic E-state index is 0.000676. The first-order valence-corrected chi connectivity index (χ1v) is 16.2. The van der Waals surface area contributed by atoms with Crippen LogP contribution in [0.4, 0.5) is 24.5 Å². The predicted octanol–water partition coefficient (Wildman–Crippen LogP) is 3.65. The molecule has 3 aliphatic carbocycles. The van der Waals surface area contributed by atoms with E-state index in [9.17, 15) is 39.9 Å². The fourth-order valence-corrected chi connectivity index (χ4v) is 8.35. The lowest BCUT2D eigenvalue weighted by Gasteiger charge is -2.54. The average molecular weight is 611 g/mol. The van der Waals surface area contributed by atoms with E-state index >= 15 is 0 Å². The summed E-state index contributed by atoms with van der Waals surface area (Å²) in [6, 6.07) is 4.80. The number of hydrogen-bond acceptors (Lipinski definition) is 7. The molecule has 41 heavy (non-hydrogen) atoms. The second-order valence-electron chi connectivity index (χ2n) is 10.9. The number of halogens is 3. The molecule has 5 aliphatic rings. The molecule has 3 N–H and O–H groups in total. The molecule has 0 unspecified atom stereocenters. The number of aliphatic hydroxyl groups excluding tert-OH is 1. The van der Waals surface area contributed by atoms with Crippen molar-refractivity contribution in [3.05, 3.63) is 64.7 Å². The largest absolute Gasteiger partial charge is 0.511 e. The highest BCUT2D eigenvalue weighted by atomic mass is 32.2. The maximum absolute atomic E-state index is 14.0. The fourth-order valence-electron chi connectivity index (χ4n) is 6.65. The molecule has 2 heterocycles.